The van der Waals surface area contributed by atoms with Crippen molar-refractivity contribution in [2.75, 3.05) is 11.4 Å². The van der Waals surface area contributed by atoms with E-state index in [4.69, 9.17) is 11.0 Å². The van der Waals surface area contributed by atoms with Crippen LogP contribution in [0.2, 0.25) is 0 Å². The van der Waals surface area contributed by atoms with Crippen molar-refractivity contribution in [3.8, 4) is 6.07 Å². The highest BCUT2D eigenvalue weighted by Gasteiger charge is 2.36. The number of primary amides is 1. The third kappa shape index (κ3) is 2.39. The first-order valence-corrected chi connectivity index (χ1v) is 5.86. The van der Waals surface area contributed by atoms with Crippen LogP contribution in [0.15, 0.2) is 18.2 Å². The van der Waals surface area contributed by atoms with E-state index in [1.165, 1.54) is 17.0 Å². The summed E-state index contributed by atoms with van der Waals surface area (Å²) < 4.78 is 0. The summed E-state index contributed by atoms with van der Waals surface area (Å²) in [4.78, 5) is 23.0. The number of β-amino-alcohol motifs (C(OH)–C–C–N with tert-alkyl or cyclic N) is 1. The smallest absolute Gasteiger partial charge is 0.270 e. The maximum Gasteiger partial charge on any atom is 0.270 e. The quantitative estimate of drug-likeness (QED) is 0.584. The van der Waals surface area contributed by atoms with Crippen LogP contribution in [0.3, 0.4) is 0 Å². The van der Waals surface area contributed by atoms with E-state index in [9.17, 15) is 20.0 Å². The van der Waals surface area contributed by atoms with Crippen molar-refractivity contribution in [1.29, 1.82) is 5.26 Å². The molecule has 1 aliphatic heterocycles. The van der Waals surface area contributed by atoms with Gasteiger partial charge in [0, 0.05) is 25.1 Å². The highest BCUT2D eigenvalue weighted by molar-refractivity contribution is 5.85. The molecule has 1 amide bonds. The van der Waals surface area contributed by atoms with E-state index in [2.05, 4.69) is 0 Å². The van der Waals surface area contributed by atoms with E-state index in [1.54, 1.807) is 0 Å². The normalized spacial score (nSPS) is 21.5. The van der Waals surface area contributed by atoms with E-state index in [-0.39, 0.29) is 24.2 Å². The minimum absolute atomic E-state index is 0.0690. The summed E-state index contributed by atoms with van der Waals surface area (Å²) in [5, 5.41) is 29.4. The average Bonchev–Trinajstić information content (AvgIpc) is 2.80. The van der Waals surface area contributed by atoms with Gasteiger partial charge in [-0.25, -0.2) is 0 Å². The van der Waals surface area contributed by atoms with E-state index in [0.29, 0.717) is 5.69 Å². The molecule has 0 aromatic heterocycles. The fourth-order valence-corrected chi connectivity index (χ4v) is 2.33. The van der Waals surface area contributed by atoms with Crippen LogP contribution in [0.1, 0.15) is 12.0 Å². The summed E-state index contributed by atoms with van der Waals surface area (Å²) >= 11 is 0. The van der Waals surface area contributed by atoms with Crippen LogP contribution >= 0.6 is 0 Å². The van der Waals surface area contributed by atoms with Crippen molar-refractivity contribution in [3.63, 3.8) is 0 Å². The maximum absolute atomic E-state index is 11.4. The van der Waals surface area contributed by atoms with E-state index >= 15 is 0 Å². The molecule has 104 valence electrons. The maximum atomic E-state index is 11.4. The molecule has 3 N–H and O–H groups in total. The average molecular weight is 276 g/mol. The highest BCUT2D eigenvalue weighted by Crippen LogP contribution is 2.30. The standard InChI is InChI=1S/C12H12N4O4/c13-5-7-3-8(16(19)20)1-2-10(7)15-6-9(17)4-11(15)12(14)18/h1-3,9,11,17H,4,6H2,(H2,14,18)/t9-,11-/m1/s1. The summed E-state index contributed by atoms with van der Waals surface area (Å²) in [5.74, 6) is -0.608. The number of aliphatic hydroxyl groups is 1. The summed E-state index contributed by atoms with van der Waals surface area (Å²) in [6.45, 7) is 0.153. The number of nitrogens with two attached hydrogens (primary N) is 1. The lowest BCUT2D eigenvalue weighted by molar-refractivity contribution is -0.384. The van der Waals surface area contributed by atoms with Crippen molar-refractivity contribution >= 4 is 17.3 Å². The molecule has 1 aromatic rings. The molecule has 0 saturated carbocycles. The molecule has 0 bridgehead atoms. The zero-order chi connectivity index (χ0) is 14.9. The molecule has 1 fully saturated rings. The molecule has 1 aliphatic rings. The minimum atomic E-state index is -0.728. The Morgan fingerprint density at radius 3 is 2.85 bits per heavy atom. The number of hydrogen-bond acceptors (Lipinski definition) is 6. The lowest BCUT2D eigenvalue weighted by atomic mass is 10.1. The number of carbonyl (C=O) groups excluding carboxylic acids is 1. The minimum Gasteiger partial charge on any atom is -0.391 e. The van der Waals surface area contributed by atoms with Gasteiger partial charge in [0.05, 0.1) is 22.3 Å². The fraction of sp³-hybridized carbons (Fsp3) is 0.333. The van der Waals surface area contributed by atoms with E-state index in [1.807, 2.05) is 6.07 Å². The highest BCUT2D eigenvalue weighted by atomic mass is 16.6. The molecule has 0 aliphatic carbocycles. The van der Waals surface area contributed by atoms with Gasteiger partial charge >= 0.3 is 0 Å². The molecule has 1 aromatic carbocycles. The molecule has 1 heterocycles. The Bertz CT molecular complexity index is 610. The zero-order valence-corrected chi connectivity index (χ0v) is 10.4. The third-order valence-electron chi connectivity index (χ3n) is 3.23. The van der Waals surface area contributed by atoms with Gasteiger partial charge < -0.3 is 15.7 Å². The predicted octanol–water partition coefficient (Wildman–Crippen LogP) is -0.109. The van der Waals surface area contributed by atoms with Crippen LogP contribution < -0.4 is 10.6 Å². The third-order valence-corrected chi connectivity index (χ3v) is 3.23. The summed E-state index contributed by atoms with van der Waals surface area (Å²) in [5.41, 5.74) is 5.50. The van der Waals surface area contributed by atoms with Gasteiger partial charge in [-0.05, 0) is 6.07 Å². The Kier molecular flexibility index (Phi) is 3.54. The zero-order valence-electron chi connectivity index (χ0n) is 10.4. The SMILES string of the molecule is N#Cc1cc([N+](=O)[O-])ccc1N1C[C@H](O)C[C@@H]1C(N)=O. The van der Waals surface area contributed by atoms with Crippen molar-refractivity contribution in [1.82, 2.24) is 0 Å². The molecule has 2 atom stereocenters. The second kappa shape index (κ2) is 5.14. The molecule has 0 unspecified atom stereocenters. The summed E-state index contributed by atoms with van der Waals surface area (Å²) in [7, 11) is 0. The number of rotatable bonds is 3. The molecular formula is C12H12N4O4. The van der Waals surface area contributed by atoms with Gasteiger partial charge in [0.1, 0.15) is 12.1 Å². The fourth-order valence-electron chi connectivity index (χ4n) is 2.33. The Hall–Kier alpha value is -2.66. The van der Waals surface area contributed by atoms with Crippen molar-refractivity contribution < 1.29 is 14.8 Å². The number of non-ortho nitro benzene ring substituents is 1. The molecule has 8 heteroatoms. The monoisotopic (exact) mass is 276 g/mol. The lowest BCUT2D eigenvalue weighted by Gasteiger charge is -2.24. The number of benzene rings is 1. The number of amides is 1. The van der Waals surface area contributed by atoms with Gasteiger partial charge in [-0.1, -0.05) is 0 Å². The molecule has 20 heavy (non-hydrogen) atoms. The number of nitrogens with zero attached hydrogens (tertiary/aromatic N) is 3. The number of nitriles is 1. The van der Waals surface area contributed by atoms with Gasteiger partial charge in [0.25, 0.3) is 5.69 Å². The second-order valence-electron chi connectivity index (χ2n) is 4.53. The first-order valence-electron chi connectivity index (χ1n) is 5.86. The molecule has 8 nitrogen and oxygen atoms in total. The van der Waals surface area contributed by atoms with Gasteiger partial charge in [0.15, 0.2) is 0 Å². The number of nitro groups is 1. The number of carbonyl (C=O) groups is 1. The van der Waals surface area contributed by atoms with Crippen molar-refractivity contribution in [2.24, 2.45) is 5.73 Å². The van der Waals surface area contributed by atoms with Crippen LogP contribution in [0.4, 0.5) is 11.4 Å². The van der Waals surface area contributed by atoms with Gasteiger partial charge in [-0.15, -0.1) is 0 Å². The first kappa shape index (κ1) is 13.8. The van der Waals surface area contributed by atoms with Crippen LogP contribution in [-0.4, -0.2) is 34.6 Å². The number of nitro benzene ring substituents is 1. The predicted molar refractivity (Wildman–Crippen MR) is 68.8 cm³/mol. The molecule has 0 spiro atoms. The topological polar surface area (TPSA) is 133 Å². The first-order chi connectivity index (χ1) is 9.43. The van der Waals surface area contributed by atoms with Crippen LogP contribution in [-0.2, 0) is 4.79 Å². The number of aliphatic hydroxyl groups excluding tert-OH is 1. The Balaban J connectivity index is 2.44. The van der Waals surface area contributed by atoms with E-state index in [0.717, 1.165) is 6.07 Å². The lowest BCUT2D eigenvalue weighted by Crippen LogP contribution is -2.40. The molecule has 1 saturated heterocycles. The van der Waals surface area contributed by atoms with Crippen LogP contribution in [0, 0.1) is 21.4 Å². The largest absolute Gasteiger partial charge is 0.391 e. The number of anilines is 1. The molecule has 2 rings (SSSR count). The summed E-state index contributed by atoms with van der Waals surface area (Å²) in [6, 6.07) is 4.92. The van der Waals surface area contributed by atoms with Gasteiger partial charge in [-0.2, -0.15) is 5.26 Å². The second-order valence-corrected chi connectivity index (χ2v) is 4.53. The summed E-state index contributed by atoms with van der Waals surface area (Å²) in [6.07, 6.45) is -0.550. The molecule has 0 radical (unpaired) electrons. The van der Waals surface area contributed by atoms with Crippen molar-refractivity contribution in [2.45, 2.75) is 18.6 Å². The Morgan fingerprint density at radius 1 is 1.60 bits per heavy atom. The Morgan fingerprint density at radius 2 is 2.30 bits per heavy atom. The number of hydrogen-bond donors (Lipinski definition) is 2. The Labute approximate surface area is 114 Å². The van der Waals surface area contributed by atoms with Gasteiger partial charge in [0.2, 0.25) is 5.91 Å². The van der Waals surface area contributed by atoms with Crippen molar-refractivity contribution in [3.05, 3.63) is 33.9 Å². The van der Waals surface area contributed by atoms with Crippen LogP contribution in [0.5, 0.6) is 0 Å². The van der Waals surface area contributed by atoms with Gasteiger partial charge in [-0.3, -0.25) is 14.9 Å². The van der Waals surface area contributed by atoms with E-state index < -0.39 is 23.0 Å². The molecular weight excluding hydrogens is 264 g/mol. The van der Waals surface area contributed by atoms with Crippen LogP contribution in [0.25, 0.3) is 0 Å².